The molecule has 2 fully saturated rings. The molecule has 11 heteroatoms. The quantitative estimate of drug-likeness (QED) is 0.702. The van der Waals surface area contributed by atoms with Crippen molar-refractivity contribution in [3.63, 3.8) is 0 Å². The van der Waals surface area contributed by atoms with Gasteiger partial charge in [0.2, 0.25) is 15.6 Å². The Labute approximate surface area is 164 Å². The lowest BCUT2D eigenvalue weighted by Crippen LogP contribution is -2.52. The number of amides is 1. The van der Waals surface area contributed by atoms with Crippen molar-refractivity contribution >= 4 is 25.8 Å². The highest BCUT2D eigenvalue weighted by atomic mass is 32.2. The number of carbonyl (C=O) groups excluding carboxylic acids is 1. The summed E-state index contributed by atoms with van der Waals surface area (Å²) in [5.41, 5.74) is 0.600. The molecule has 2 saturated heterocycles. The molecule has 1 unspecified atom stereocenters. The van der Waals surface area contributed by atoms with Crippen LogP contribution in [0.2, 0.25) is 0 Å². The standard InChI is InChI=1S/C17H25N3O6S2/c1-12(2)15-9-13(10-16(21)18-15)17(22)19-4-6-20(7-5-19)28(25,26)14-3-8-27(23,24)11-14/h9-10,12,14H,3-8,11H2,1-2H3,(H,18,21). The molecule has 28 heavy (non-hydrogen) atoms. The molecule has 0 radical (unpaired) electrons. The summed E-state index contributed by atoms with van der Waals surface area (Å²) in [5, 5.41) is -0.902. The van der Waals surface area contributed by atoms with Crippen molar-refractivity contribution in [2.75, 3.05) is 37.7 Å². The van der Waals surface area contributed by atoms with E-state index in [-0.39, 0.29) is 67.1 Å². The van der Waals surface area contributed by atoms with Crippen molar-refractivity contribution < 1.29 is 21.6 Å². The molecule has 0 spiro atoms. The molecule has 1 atom stereocenters. The predicted molar refractivity (Wildman–Crippen MR) is 105 cm³/mol. The molecule has 0 aliphatic carbocycles. The van der Waals surface area contributed by atoms with Crippen molar-refractivity contribution in [1.29, 1.82) is 0 Å². The van der Waals surface area contributed by atoms with Gasteiger partial charge in [-0.25, -0.2) is 16.8 Å². The van der Waals surface area contributed by atoms with Gasteiger partial charge in [-0.15, -0.1) is 0 Å². The molecular weight excluding hydrogens is 406 g/mol. The van der Waals surface area contributed by atoms with Gasteiger partial charge in [-0.05, 0) is 18.4 Å². The number of nitrogens with zero attached hydrogens (tertiary/aromatic N) is 2. The minimum Gasteiger partial charge on any atom is -0.336 e. The van der Waals surface area contributed by atoms with E-state index in [0.717, 1.165) is 0 Å². The van der Waals surface area contributed by atoms with Gasteiger partial charge in [0.05, 0.1) is 16.8 Å². The Kier molecular flexibility index (Phi) is 5.70. The Hall–Kier alpha value is -1.72. The number of sulfone groups is 1. The van der Waals surface area contributed by atoms with E-state index in [1.54, 1.807) is 6.07 Å². The van der Waals surface area contributed by atoms with Crippen molar-refractivity contribution in [1.82, 2.24) is 14.2 Å². The summed E-state index contributed by atoms with van der Waals surface area (Å²) >= 11 is 0. The van der Waals surface area contributed by atoms with Gasteiger partial charge in [0.15, 0.2) is 9.84 Å². The largest absolute Gasteiger partial charge is 0.336 e. The van der Waals surface area contributed by atoms with Gasteiger partial charge in [-0.3, -0.25) is 9.59 Å². The van der Waals surface area contributed by atoms with Gasteiger partial charge in [0, 0.05) is 43.5 Å². The molecule has 1 amide bonds. The van der Waals surface area contributed by atoms with Crippen LogP contribution in [-0.2, 0) is 19.9 Å². The Bertz CT molecular complexity index is 1020. The molecule has 2 aliphatic rings. The van der Waals surface area contributed by atoms with Gasteiger partial charge in [-0.2, -0.15) is 4.31 Å². The van der Waals surface area contributed by atoms with E-state index in [9.17, 15) is 26.4 Å². The molecule has 3 rings (SSSR count). The second-order valence-electron chi connectivity index (χ2n) is 7.60. The third-order valence-corrected chi connectivity index (χ3v) is 9.54. The molecule has 0 saturated carbocycles. The number of pyridine rings is 1. The first kappa shape index (κ1) is 21.0. The lowest BCUT2D eigenvalue weighted by atomic mass is 10.1. The first-order valence-corrected chi connectivity index (χ1v) is 12.5. The van der Waals surface area contributed by atoms with E-state index < -0.39 is 25.1 Å². The van der Waals surface area contributed by atoms with E-state index in [4.69, 9.17) is 0 Å². The van der Waals surface area contributed by atoms with Crippen molar-refractivity contribution in [3.8, 4) is 0 Å². The fraction of sp³-hybridized carbons (Fsp3) is 0.647. The molecular formula is C17H25N3O6S2. The SMILES string of the molecule is CC(C)c1cc(C(=O)N2CCN(S(=O)(=O)C3CCS(=O)(=O)C3)CC2)cc(=O)[nH]1. The van der Waals surface area contributed by atoms with Gasteiger partial charge in [-0.1, -0.05) is 13.8 Å². The van der Waals surface area contributed by atoms with E-state index in [0.29, 0.717) is 5.69 Å². The van der Waals surface area contributed by atoms with Crippen molar-refractivity contribution in [2.45, 2.75) is 31.4 Å². The normalized spacial score (nSPS) is 23.2. The average molecular weight is 432 g/mol. The molecule has 1 aromatic rings. The first-order valence-electron chi connectivity index (χ1n) is 9.22. The fourth-order valence-electron chi connectivity index (χ4n) is 3.53. The zero-order chi connectivity index (χ0) is 20.7. The summed E-state index contributed by atoms with van der Waals surface area (Å²) in [5.74, 6) is -0.686. The lowest BCUT2D eigenvalue weighted by Gasteiger charge is -2.35. The summed E-state index contributed by atoms with van der Waals surface area (Å²) in [4.78, 5) is 28.8. The maximum absolute atomic E-state index is 12.8. The summed E-state index contributed by atoms with van der Waals surface area (Å²) in [6, 6.07) is 2.90. The van der Waals surface area contributed by atoms with Crippen molar-refractivity contribution in [2.24, 2.45) is 0 Å². The van der Waals surface area contributed by atoms with Crippen LogP contribution in [0.15, 0.2) is 16.9 Å². The molecule has 2 aliphatic heterocycles. The topological polar surface area (TPSA) is 125 Å². The smallest absolute Gasteiger partial charge is 0.254 e. The highest BCUT2D eigenvalue weighted by Gasteiger charge is 2.41. The number of hydrogen-bond donors (Lipinski definition) is 1. The number of piperazine rings is 1. The summed E-state index contributed by atoms with van der Waals surface area (Å²) in [6.45, 7) is 4.44. The minimum absolute atomic E-state index is 0.0603. The van der Waals surface area contributed by atoms with Gasteiger partial charge < -0.3 is 9.88 Å². The van der Waals surface area contributed by atoms with Crippen molar-refractivity contribution in [3.05, 3.63) is 33.7 Å². The number of sulfonamides is 1. The van der Waals surface area contributed by atoms with Crippen LogP contribution in [0.25, 0.3) is 0 Å². The third-order valence-electron chi connectivity index (χ3n) is 5.23. The molecule has 0 aromatic carbocycles. The summed E-state index contributed by atoms with van der Waals surface area (Å²) < 4.78 is 49.9. The van der Waals surface area contributed by atoms with Gasteiger partial charge in [0.25, 0.3) is 5.91 Å². The Morgan fingerprint density at radius 3 is 2.36 bits per heavy atom. The maximum Gasteiger partial charge on any atom is 0.254 e. The molecule has 9 nitrogen and oxygen atoms in total. The predicted octanol–water partition coefficient (Wildman–Crippen LogP) is -0.227. The highest BCUT2D eigenvalue weighted by molar-refractivity contribution is 7.95. The Morgan fingerprint density at radius 2 is 1.82 bits per heavy atom. The Morgan fingerprint density at radius 1 is 1.18 bits per heavy atom. The highest BCUT2D eigenvalue weighted by Crippen LogP contribution is 2.23. The summed E-state index contributed by atoms with van der Waals surface area (Å²) in [6.07, 6.45) is 0.120. The number of carbonyl (C=O) groups is 1. The zero-order valence-electron chi connectivity index (χ0n) is 15.9. The molecule has 1 N–H and O–H groups in total. The second-order valence-corrected chi connectivity index (χ2v) is 12.0. The molecule has 3 heterocycles. The summed E-state index contributed by atoms with van der Waals surface area (Å²) in [7, 11) is -7.01. The molecule has 1 aromatic heterocycles. The maximum atomic E-state index is 12.8. The van der Waals surface area contributed by atoms with Crippen LogP contribution in [-0.4, -0.2) is 79.9 Å². The van der Waals surface area contributed by atoms with Crippen LogP contribution in [0.5, 0.6) is 0 Å². The second kappa shape index (κ2) is 7.60. The molecule has 0 bridgehead atoms. The van der Waals surface area contributed by atoms with Crippen LogP contribution >= 0.6 is 0 Å². The first-order chi connectivity index (χ1) is 13.0. The van der Waals surface area contributed by atoms with E-state index in [1.165, 1.54) is 15.3 Å². The minimum atomic E-state index is -3.71. The van der Waals surface area contributed by atoms with E-state index in [1.807, 2.05) is 13.8 Å². The zero-order valence-corrected chi connectivity index (χ0v) is 17.6. The number of H-pyrrole nitrogens is 1. The van der Waals surface area contributed by atoms with Crippen LogP contribution in [0.4, 0.5) is 0 Å². The van der Waals surface area contributed by atoms with Gasteiger partial charge >= 0.3 is 0 Å². The lowest BCUT2D eigenvalue weighted by molar-refractivity contribution is 0.0697. The monoisotopic (exact) mass is 431 g/mol. The number of aromatic nitrogens is 1. The average Bonchev–Trinajstić information content (AvgIpc) is 3.01. The fourth-order valence-corrected chi connectivity index (χ4v) is 8.05. The number of rotatable bonds is 4. The molecule has 156 valence electrons. The van der Waals surface area contributed by atoms with E-state index >= 15 is 0 Å². The number of nitrogens with one attached hydrogen (secondary N) is 1. The van der Waals surface area contributed by atoms with Crippen LogP contribution in [0, 0.1) is 0 Å². The number of hydrogen-bond acceptors (Lipinski definition) is 6. The number of aromatic amines is 1. The van der Waals surface area contributed by atoms with Crippen LogP contribution in [0.1, 0.15) is 42.2 Å². The van der Waals surface area contributed by atoms with Crippen LogP contribution in [0.3, 0.4) is 0 Å². The van der Waals surface area contributed by atoms with Crippen LogP contribution < -0.4 is 5.56 Å². The Balaban J connectivity index is 1.69. The van der Waals surface area contributed by atoms with E-state index in [2.05, 4.69) is 4.98 Å². The van der Waals surface area contributed by atoms with Gasteiger partial charge in [0.1, 0.15) is 0 Å². The third kappa shape index (κ3) is 4.31.